The Morgan fingerprint density at radius 3 is 2.12 bits per heavy atom. The van der Waals surface area contributed by atoms with Crippen LogP contribution in [-0.2, 0) is 4.79 Å². The quantitative estimate of drug-likeness (QED) is 0.272. The van der Waals surface area contributed by atoms with Crippen LogP contribution in [0.5, 0.6) is 0 Å². The third kappa shape index (κ3) is 5.83. The van der Waals surface area contributed by atoms with Gasteiger partial charge in [0.15, 0.2) is 0 Å². The number of hydrogen-bond acceptors (Lipinski definition) is 3. The Bertz CT molecular complexity index is 1670. The van der Waals surface area contributed by atoms with Crippen molar-refractivity contribution < 1.29 is 23.2 Å². The Kier molecular flexibility index (Phi) is 7.97. The molecule has 3 amide bonds. The lowest BCUT2D eigenvalue weighted by molar-refractivity contribution is -0.123. The maximum Gasteiger partial charge on any atom is 0.275 e. The summed E-state index contributed by atoms with van der Waals surface area (Å²) in [5, 5.41) is 2.88. The molecule has 4 aromatic rings. The lowest BCUT2D eigenvalue weighted by Gasteiger charge is -2.23. The molecule has 0 atom stereocenters. The van der Waals surface area contributed by atoms with Crippen LogP contribution < -0.4 is 10.2 Å². The fraction of sp³-hybridized carbons (Fsp3) is 0.147. The van der Waals surface area contributed by atoms with Gasteiger partial charge in [0.25, 0.3) is 17.7 Å². The van der Waals surface area contributed by atoms with E-state index in [1.54, 1.807) is 54.6 Å². The van der Waals surface area contributed by atoms with E-state index >= 15 is 8.78 Å². The summed E-state index contributed by atoms with van der Waals surface area (Å²) in [6, 6.07) is 29.6. The Balaban J connectivity index is 1.39. The number of rotatable bonds is 5. The van der Waals surface area contributed by atoms with Crippen LogP contribution in [0.25, 0.3) is 16.7 Å². The minimum absolute atomic E-state index is 0.129. The van der Waals surface area contributed by atoms with Gasteiger partial charge in [0.1, 0.15) is 0 Å². The molecule has 1 aliphatic heterocycles. The second kappa shape index (κ2) is 11.8. The molecule has 212 valence electrons. The number of para-hydroxylation sites is 1. The topological polar surface area (TPSA) is 69.7 Å². The SMILES string of the molecule is CN(C)C(=O)C=C1c2ccccc2N(C(=O)c2ccc(NC(=O)c3ccccc3-c3ccccc3)cc2)CCC1(F)F. The molecule has 1 N–H and O–H groups in total. The largest absolute Gasteiger partial charge is 0.345 e. The fourth-order valence-corrected chi connectivity index (χ4v) is 4.89. The molecule has 0 radical (unpaired) electrons. The van der Waals surface area contributed by atoms with Crippen molar-refractivity contribution in [3.63, 3.8) is 0 Å². The standard InChI is InChI=1S/C34H29F2N3O3/c1-38(2)31(40)22-29-28-14-8-9-15-30(28)39(21-20-34(29,35)36)33(42)24-16-18-25(19-17-24)37-32(41)27-13-7-6-12-26(27)23-10-4-3-5-11-23/h3-19,22H,20-21H2,1-2H3,(H,37,41). The summed E-state index contributed by atoms with van der Waals surface area (Å²) in [5.41, 5.74) is 2.97. The van der Waals surface area contributed by atoms with E-state index < -0.39 is 29.7 Å². The van der Waals surface area contributed by atoms with Crippen molar-refractivity contribution >= 4 is 34.7 Å². The molecule has 6 nitrogen and oxygen atoms in total. The molecule has 0 saturated carbocycles. The number of nitrogens with zero attached hydrogens (tertiary/aromatic N) is 2. The first-order valence-electron chi connectivity index (χ1n) is 13.4. The van der Waals surface area contributed by atoms with Gasteiger partial charge in [-0.2, -0.15) is 0 Å². The van der Waals surface area contributed by atoms with Crippen LogP contribution in [0.3, 0.4) is 0 Å². The van der Waals surface area contributed by atoms with E-state index in [-0.39, 0.29) is 23.6 Å². The van der Waals surface area contributed by atoms with Crippen molar-refractivity contribution in [2.24, 2.45) is 0 Å². The summed E-state index contributed by atoms with van der Waals surface area (Å²) in [6.45, 7) is -0.245. The molecule has 8 heteroatoms. The number of fused-ring (bicyclic) bond motifs is 1. The van der Waals surface area contributed by atoms with Crippen molar-refractivity contribution in [2.45, 2.75) is 12.3 Å². The third-order valence-electron chi connectivity index (χ3n) is 7.13. The highest BCUT2D eigenvalue weighted by Crippen LogP contribution is 2.43. The smallest absolute Gasteiger partial charge is 0.275 e. The summed E-state index contributed by atoms with van der Waals surface area (Å²) in [4.78, 5) is 41.7. The van der Waals surface area contributed by atoms with Gasteiger partial charge < -0.3 is 15.1 Å². The molecule has 0 spiro atoms. The monoisotopic (exact) mass is 565 g/mol. The second-order valence-electron chi connectivity index (χ2n) is 10.2. The number of halogens is 2. The molecule has 0 aliphatic carbocycles. The summed E-state index contributed by atoms with van der Waals surface area (Å²) >= 11 is 0. The number of carbonyl (C=O) groups excluding carboxylic acids is 3. The highest BCUT2D eigenvalue weighted by molar-refractivity contribution is 6.11. The number of alkyl halides is 2. The lowest BCUT2D eigenvalue weighted by atomic mass is 9.97. The van der Waals surface area contributed by atoms with E-state index in [2.05, 4.69) is 5.32 Å². The third-order valence-corrected chi connectivity index (χ3v) is 7.13. The van der Waals surface area contributed by atoms with Crippen LogP contribution in [0, 0.1) is 0 Å². The molecule has 0 aromatic heterocycles. The van der Waals surface area contributed by atoms with Gasteiger partial charge in [-0.1, -0.05) is 66.7 Å². The Morgan fingerprint density at radius 1 is 0.810 bits per heavy atom. The van der Waals surface area contributed by atoms with Crippen LogP contribution in [0.1, 0.15) is 32.7 Å². The minimum Gasteiger partial charge on any atom is -0.345 e. The van der Waals surface area contributed by atoms with Gasteiger partial charge in [0.05, 0.1) is 5.69 Å². The number of benzene rings is 4. The zero-order chi connectivity index (χ0) is 29.9. The first kappa shape index (κ1) is 28.4. The Hall–Kier alpha value is -5.11. The van der Waals surface area contributed by atoms with Gasteiger partial charge in [-0.15, -0.1) is 0 Å². The van der Waals surface area contributed by atoms with Gasteiger partial charge in [0.2, 0.25) is 5.91 Å². The molecule has 1 heterocycles. The average Bonchev–Trinajstić information content (AvgIpc) is 3.11. The van der Waals surface area contributed by atoms with Gasteiger partial charge in [0, 0.05) is 61.1 Å². The van der Waals surface area contributed by atoms with Crippen LogP contribution in [0.4, 0.5) is 20.2 Å². The Labute approximate surface area is 242 Å². The van der Waals surface area contributed by atoms with Crippen LogP contribution in [0.15, 0.2) is 109 Å². The summed E-state index contributed by atoms with van der Waals surface area (Å²) in [7, 11) is 2.98. The zero-order valence-corrected chi connectivity index (χ0v) is 23.2. The molecule has 0 saturated heterocycles. The molecular formula is C34H29F2N3O3. The van der Waals surface area contributed by atoms with E-state index in [0.717, 1.165) is 17.2 Å². The molecule has 0 unspecified atom stereocenters. The van der Waals surface area contributed by atoms with Crippen molar-refractivity contribution in [3.8, 4) is 11.1 Å². The van der Waals surface area contributed by atoms with Crippen molar-refractivity contribution in [3.05, 3.63) is 126 Å². The number of likely N-dealkylation sites (N-methyl/N-ethyl adjacent to an activating group) is 1. The molecular weight excluding hydrogens is 536 g/mol. The molecule has 5 rings (SSSR count). The van der Waals surface area contributed by atoms with Gasteiger partial charge >= 0.3 is 0 Å². The number of allylic oxidation sites excluding steroid dienone is 1. The highest BCUT2D eigenvalue weighted by atomic mass is 19.3. The molecule has 42 heavy (non-hydrogen) atoms. The van der Waals surface area contributed by atoms with Crippen LogP contribution >= 0.6 is 0 Å². The maximum absolute atomic E-state index is 15.3. The second-order valence-corrected chi connectivity index (χ2v) is 10.2. The number of carbonyl (C=O) groups is 3. The van der Waals surface area contributed by atoms with Gasteiger partial charge in [-0.3, -0.25) is 14.4 Å². The first-order valence-corrected chi connectivity index (χ1v) is 13.4. The van der Waals surface area contributed by atoms with Crippen LogP contribution in [-0.4, -0.2) is 49.2 Å². The van der Waals surface area contributed by atoms with E-state index in [4.69, 9.17) is 0 Å². The van der Waals surface area contributed by atoms with Gasteiger partial charge in [-0.25, -0.2) is 8.78 Å². The predicted octanol–water partition coefficient (Wildman–Crippen LogP) is 6.76. The Morgan fingerprint density at radius 2 is 1.43 bits per heavy atom. The molecule has 1 aliphatic rings. The summed E-state index contributed by atoms with van der Waals surface area (Å²) in [6.07, 6.45) is 0.301. The van der Waals surface area contributed by atoms with Crippen molar-refractivity contribution in [1.82, 2.24) is 4.90 Å². The average molecular weight is 566 g/mol. The highest BCUT2D eigenvalue weighted by Gasteiger charge is 2.41. The number of nitrogens with one attached hydrogen (secondary N) is 1. The first-order chi connectivity index (χ1) is 20.2. The minimum atomic E-state index is -3.32. The number of anilines is 2. The summed E-state index contributed by atoms with van der Waals surface area (Å²) in [5.74, 6) is -4.65. The molecule has 0 bridgehead atoms. The van der Waals surface area contributed by atoms with E-state index in [1.807, 2.05) is 42.5 Å². The van der Waals surface area contributed by atoms with E-state index in [1.165, 1.54) is 30.0 Å². The van der Waals surface area contributed by atoms with Crippen LogP contribution in [0.2, 0.25) is 0 Å². The lowest BCUT2D eigenvalue weighted by Crippen LogP contribution is -2.33. The fourth-order valence-electron chi connectivity index (χ4n) is 4.89. The van der Waals surface area contributed by atoms with E-state index in [0.29, 0.717) is 16.9 Å². The number of hydrogen-bond donors (Lipinski definition) is 1. The molecule has 0 fully saturated rings. The summed E-state index contributed by atoms with van der Waals surface area (Å²) < 4.78 is 30.6. The van der Waals surface area contributed by atoms with E-state index in [9.17, 15) is 14.4 Å². The van der Waals surface area contributed by atoms with Crippen molar-refractivity contribution in [2.75, 3.05) is 30.9 Å². The van der Waals surface area contributed by atoms with Gasteiger partial charge in [-0.05, 0) is 47.5 Å². The maximum atomic E-state index is 15.3. The zero-order valence-electron chi connectivity index (χ0n) is 23.2. The normalized spacial score (nSPS) is 15.0. The van der Waals surface area contributed by atoms with Crippen molar-refractivity contribution in [1.29, 1.82) is 0 Å². The molecule has 4 aromatic carbocycles. The number of amides is 3. The predicted molar refractivity (Wildman–Crippen MR) is 161 cm³/mol.